The Balaban J connectivity index is 3.12. The van der Waals surface area contributed by atoms with Gasteiger partial charge in [0.05, 0.1) is 19.0 Å². The molecule has 0 spiro atoms. The Kier molecular flexibility index (Phi) is 8.19. The van der Waals surface area contributed by atoms with Gasteiger partial charge >= 0.3 is 5.97 Å². The van der Waals surface area contributed by atoms with Gasteiger partial charge in [-0.3, -0.25) is 4.79 Å². The van der Waals surface area contributed by atoms with Crippen LogP contribution in [-0.2, 0) is 9.53 Å². The predicted molar refractivity (Wildman–Crippen MR) is 53.8 cm³/mol. The van der Waals surface area contributed by atoms with Crippen LogP contribution in [0.5, 0.6) is 0 Å². The first-order valence-corrected chi connectivity index (χ1v) is 5.64. The van der Waals surface area contributed by atoms with Crippen molar-refractivity contribution in [3.63, 3.8) is 0 Å². The summed E-state index contributed by atoms with van der Waals surface area (Å²) in [6.45, 7) is 1.84. The highest BCUT2D eigenvalue weighted by atomic mass is 32.2. The number of thioether (sulfide) groups is 1. The maximum absolute atomic E-state index is 12.7. The van der Waals surface area contributed by atoms with Crippen LogP contribution in [0.3, 0.4) is 0 Å². The van der Waals surface area contributed by atoms with E-state index in [-0.39, 0.29) is 5.97 Å². The summed E-state index contributed by atoms with van der Waals surface area (Å²) in [4.78, 5) is 10.6. The molecular weight excluding hydrogens is 191 g/mol. The predicted octanol–water partition coefficient (Wildman–Crippen LogP) is 2.42. The molecule has 78 valence electrons. The summed E-state index contributed by atoms with van der Waals surface area (Å²) >= 11 is 1.50. The molecular formula is C9H17FO2S. The third kappa shape index (κ3) is 8.09. The summed E-state index contributed by atoms with van der Waals surface area (Å²) in [5.41, 5.74) is 0. The van der Waals surface area contributed by atoms with E-state index in [0.29, 0.717) is 18.6 Å². The normalized spacial score (nSPS) is 12.5. The largest absolute Gasteiger partial charge is 0.468 e. The lowest BCUT2D eigenvalue weighted by Gasteiger charge is -2.03. The van der Waals surface area contributed by atoms with Crippen molar-refractivity contribution in [3.8, 4) is 0 Å². The second kappa shape index (κ2) is 8.35. The van der Waals surface area contributed by atoms with E-state index in [4.69, 9.17) is 0 Å². The Labute approximate surface area is 83.2 Å². The maximum Gasteiger partial charge on any atom is 0.315 e. The molecule has 0 heterocycles. The van der Waals surface area contributed by atoms with Gasteiger partial charge in [0.2, 0.25) is 0 Å². The minimum atomic E-state index is -0.682. The molecule has 1 unspecified atom stereocenters. The summed E-state index contributed by atoms with van der Waals surface area (Å²) in [7, 11) is 1.37. The molecule has 0 fully saturated rings. The van der Waals surface area contributed by atoms with Crippen LogP contribution in [0.15, 0.2) is 0 Å². The molecule has 2 nitrogen and oxygen atoms in total. The van der Waals surface area contributed by atoms with Crippen molar-refractivity contribution in [1.82, 2.24) is 0 Å². The molecule has 0 aromatic rings. The van der Waals surface area contributed by atoms with Gasteiger partial charge in [0.25, 0.3) is 0 Å². The lowest BCUT2D eigenvalue weighted by molar-refractivity contribution is -0.137. The second-order valence-corrected chi connectivity index (χ2v) is 3.88. The molecule has 0 radical (unpaired) electrons. The molecule has 1 atom stereocenters. The van der Waals surface area contributed by atoms with Gasteiger partial charge < -0.3 is 4.74 Å². The van der Waals surface area contributed by atoms with Gasteiger partial charge in [0.15, 0.2) is 0 Å². The monoisotopic (exact) mass is 208 g/mol. The average Bonchev–Trinajstić information content (AvgIpc) is 2.16. The first-order chi connectivity index (χ1) is 6.20. The molecule has 0 amide bonds. The SMILES string of the molecule is CCC(F)CCCSCC(=O)OC. The minimum absolute atomic E-state index is 0.211. The van der Waals surface area contributed by atoms with Crippen LogP contribution in [0, 0.1) is 0 Å². The summed E-state index contributed by atoms with van der Waals surface area (Å²) in [5, 5.41) is 0. The van der Waals surface area contributed by atoms with Crippen molar-refractivity contribution in [2.24, 2.45) is 0 Å². The van der Waals surface area contributed by atoms with Crippen LogP contribution in [-0.4, -0.2) is 30.8 Å². The first-order valence-electron chi connectivity index (χ1n) is 4.49. The van der Waals surface area contributed by atoms with E-state index in [0.717, 1.165) is 12.2 Å². The number of alkyl halides is 1. The van der Waals surface area contributed by atoms with Crippen LogP contribution in [0.25, 0.3) is 0 Å². The van der Waals surface area contributed by atoms with Crippen LogP contribution in [0.2, 0.25) is 0 Å². The standard InChI is InChI=1S/C9H17FO2S/c1-3-8(10)5-4-6-13-7-9(11)12-2/h8H,3-7H2,1-2H3. The molecule has 4 heteroatoms. The summed E-state index contributed by atoms with van der Waals surface area (Å²) in [6.07, 6.45) is 1.34. The summed E-state index contributed by atoms with van der Waals surface area (Å²) in [5.74, 6) is 0.993. The number of hydrogen-bond donors (Lipinski definition) is 0. The van der Waals surface area contributed by atoms with Gasteiger partial charge in [-0.1, -0.05) is 6.92 Å². The van der Waals surface area contributed by atoms with Gasteiger partial charge in [-0.15, -0.1) is 0 Å². The van der Waals surface area contributed by atoms with E-state index in [9.17, 15) is 9.18 Å². The topological polar surface area (TPSA) is 26.3 Å². The van der Waals surface area contributed by atoms with Crippen LogP contribution >= 0.6 is 11.8 Å². The average molecular weight is 208 g/mol. The van der Waals surface area contributed by atoms with Crippen molar-refractivity contribution < 1.29 is 13.9 Å². The number of halogens is 1. The molecule has 0 aliphatic heterocycles. The molecule has 0 bridgehead atoms. The smallest absolute Gasteiger partial charge is 0.315 e. The van der Waals surface area contributed by atoms with Crippen molar-refractivity contribution in [2.45, 2.75) is 32.4 Å². The van der Waals surface area contributed by atoms with E-state index in [1.165, 1.54) is 18.9 Å². The maximum atomic E-state index is 12.7. The van der Waals surface area contributed by atoms with Gasteiger partial charge in [0, 0.05) is 0 Å². The fourth-order valence-electron chi connectivity index (χ4n) is 0.825. The second-order valence-electron chi connectivity index (χ2n) is 2.78. The number of carbonyl (C=O) groups is 1. The number of rotatable bonds is 7. The number of carbonyl (C=O) groups excluding carboxylic acids is 1. The highest BCUT2D eigenvalue weighted by molar-refractivity contribution is 7.99. The van der Waals surface area contributed by atoms with Crippen LogP contribution in [0.1, 0.15) is 26.2 Å². The molecule has 0 rings (SSSR count). The fourth-order valence-corrected chi connectivity index (χ4v) is 1.63. The van der Waals surface area contributed by atoms with Crippen molar-refractivity contribution in [3.05, 3.63) is 0 Å². The number of hydrogen-bond acceptors (Lipinski definition) is 3. The number of methoxy groups -OCH3 is 1. The third-order valence-corrected chi connectivity index (χ3v) is 2.71. The highest BCUT2D eigenvalue weighted by Crippen LogP contribution is 2.10. The van der Waals surface area contributed by atoms with Gasteiger partial charge in [0.1, 0.15) is 0 Å². The number of esters is 1. The Morgan fingerprint density at radius 3 is 2.85 bits per heavy atom. The van der Waals surface area contributed by atoms with Crippen LogP contribution in [0.4, 0.5) is 4.39 Å². The van der Waals surface area contributed by atoms with E-state index in [1.807, 2.05) is 6.92 Å². The Bertz CT molecular complexity index is 142. The lowest BCUT2D eigenvalue weighted by Crippen LogP contribution is -2.04. The molecule has 0 aromatic carbocycles. The van der Waals surface area contributed by atoms with Gasteiger partial charge in [-0.25, -0.2) is 4.39 Å². The lowest BCUT2D eigenvalue weighted by atomic mass is 10.2. The molecule has 0 saturated heterocycles. The molecule has 0 aliphatic carbocycles. The summed E-state index contributed by atoms with van der Waals surface area (Å²) in [6, 6.07) is 0. The highest BCUT2D eigenvalue weighted by Gasteiger charge is 2.03. The van der Waals surface area contributed by atoms with E-state index in [2.05, 4.69) is 4.74 Å². The zero-order valence-electron chi connectivity index (χ0n) is 8.22. The van der Waals surface area contributed by atoms with E-state index in [1.54, 1.807) is 0 Å². The molecule has 0 aliphatic rings. The van der Waals surface area contributed by atoms with Crippen molar-refractivity contribution in [1.29, 1.82) is 0 Å². The Morgan fingerprint density at radius 2 is 2.31 bits per heavy atom. The molecule has 0 aromatic heterocycles. The van der Waals surface area contributed by atoms with E-state index < -0.39 is 6.17 Å². The van der Waals surface area contributed by atoms with Crippen molar-refractivity contribution in [2.75, 3.05) is 18.6 Å². The first kappa shape index (κ1) is 12.8. The fraction of sp³-hybridized carbons (Fsp3) is 0.889. The van der Waals surface area contributed by atoms with Gasteiger partial charge in [-0.2, -0.15) is 11.8 Å². The number of ether oxygens (including phenoxy) is 1. The quantitative estimate of drug-likeness (QED) is 0.475. The zero-order valence-corrected chi connectivity index (χ0v) is 9.03. The zero-order chi connectivity index (χ0) is 10.1. The molecule has 13 heavy (non-hydrogen) atoms. The Morgan fingerprint density at radius 1 is 1.62 bits per heavy atom. The third-order valence-electron chi connectivity index (χ3n) is 1.70. The molecule has 0 saturated carbocycles. The summed E-state index contributed by atoms with van der Waals surface area (Å²) < 4.78 is 17.1. The molecule has 0 N–H and O–H groups in total. The van der Waals surface area contributed by atoms with Crippen LogP contribution < -0.4 is 0 Å². The van der Waals surface area contributed by atoms with Crippen molar-refractivity contribution >= 4 is 17.7 Å². The Hall–Kier alpha value is -0.250. The minimum Gasteiger partial charge on any atom is -0.468 e. The van der Waals surface area contributed by atoms with Gasteiger partial charge in [-0.05, 0) is 25.0 Å². The van der Waals surface area contributed by atoms with E-state index >= 15 is 0 Å².